The minimum absolute atomic E-state index is 0.520. The number of hydrazine groups is 1. The summed E-state index contributed by atoms with van der Waals surface area (Å²) < 4.78 is 0. The predicted octanol–water partition coefficient (Wildman–Crippen LogP) is 1.58. The third kappa shape index (κ3) is 3.54. The van der Waals surface area contributed by atoms with Gasteiger partial charge in [0.2, 0.25) is 0 Å². The molecule has 1 aliphatic rings. The molecule has 0 aliphatic carbocycles. The Balaban J connectivity index is 1.83. The molecular formula is C14H19N3O. The van der Waals surface area contributed by atoms with Crippen molar-refractivity contribution >= 4 is 0 Å². The van der Waals surface area contributed by atoms with Crippen molar-refractivity contribution in [1.82, 2.24) is 10.4 Å². The van der Waals surface area contributed by atoms with Gasteiger partial charge in [0.25, 0.3) is 0 Å². The van der Waals surface area contributed by atoms with Crippen LogP contribution in [-0.2, 0) is 0 Å². The highest BCUT2D eigenvalue weighted by atomic mass is 16.3. The third-order valence-electron chi connectivity index (χ3n) is 3.29. The Bertz CT molecular complexity index is 404. The summed E-state index contributed by atoms with van der Waals surface area (Å²) in [6, 6.07) is 9.16. The second kappa shape index (κ2) is 6.50. The van der Waals surface area contributed by atoms with Crippen molar-refractivity contribution < 1.29 is 5.11 Å². The summed E-state index contributed by atoms with van der Waals surface area (Å²) in [5, 5.41) is 20.9. The number of benzene rings is 1. The summed E-state index contributed by atoms with van der Waals surface area (Å²) in [6.45, 7) is 2.63. The van der Waals surface area contributed by atoms with Gasteiger partial charge in [-0.15, -0.1) is 0 Å². The lowest BCUT2D eigenvalue weighted by atomic mass is 10.1. The Kier molecular flexibility index (Phi) is 4.71. The van der Waals surface area contributed by atoms with E-state index >= 15 is 0 Å². The summed E-state index contributed by atoms with van der Waals surface area (Å²) in [4.78, 5) is 0. The average Bonchev–Trinajstić information content (AvgIpc) is 2.46. The number of rotatable bonds is 4. The molecule has 0 bridgehead atoms. The Morgan fingerprint density at radius 2 is 1.89 bits per heavy atom. The Morgan fingerprint density at radius 3 is 2.50 bits per heavy atom. The molecule has 0 saturated carbocycles. The molecule has 18 heavy (non-hydrogen) atoms. The van der Waals surface area contributed by atoms with E-state index in [0.29, 0.717) is 12.1 Å². The van der Waals surface area contributed by atoms with Crippen LogP contribution in [0, 0.1) is 11.3 Å². The van der Waals surface area contributed by atoms with E-state index in [4.69, 9.17) is 5.26 Å². The fraction of sp³-hybridized carbons (Fsp3) is 0.500. The van der Waals surface area contributed by atoms with E-state index in [9.17, 15) is 5.11 Å². The van der Waals surface area contributed by atoms with E-state index < -0.39 is 6.10 Å². The lowest BCUT2D eigenvalue weighted by Gasteiger charge is -2.28. The first-order chi connectivity index (χ1) is 8.79. The van der Waals surface area contributed by atoms with E-state index in [1.165, 1.54) is 19.3 Å². The van der Waals surface area contributed by atoms with Crippen LogP contribution in [0.5, 0.6) is 0 Å². The second-order valence-electron chi connectivity index (χ2n) is 4.66. The number of hydrogen-bond donors (Lipinski definition) is 2. The van der Waals surface area contributed by atoms with E-state index in [1.807, 2.05) is 0 Å². The Labute approximate surface area is 108 Å². The average molecular weight is 245 g/mol. The van der Waals surface area contributed by atoms with Crippen molar-refractivity contribution in [2.45, 2.75) is 25.4 Å². The van der Waals surface area contributed by atoms with Crippen LogP contribution in [-0.4, -0.2) is 29.7 Å². The van der Waals surface area contributed by atoms with E-state index in [1.54, 1.807) is 24.3 Å². The number of aliphatic hydroxyl groups excluding tert-OH is 1. The van der Waals surface area contributed by atoms with Gasteiger partial charge in [-0.3, -0.25) is 5.43 Å². The van der Waals surface area contributed by atoms with Crippen molar-refractivity contribution in [3.05, 3.63) is 35.4 Å². The quantitative estimate of drug-likeness (QED) is 0.845. The fourth-order valence-corrected chi connectivity index (χ4v) is 2.17. The zero-order valence-electron chi connectivity index (χ0n) is 10.5. The van der Waals surface area contributed by atoms with E-state index in [0.717, 1.165) is 18.7 Å². The molecule has 96 valence electrons. The molecule has 1 aromatic carbocycles. The molecule has 0 radical (unpaired) electrons. The van der Waals surface area contributed by atoms with Crippen LogP contribution in [0.2, 0.25) is 0 Å². The van der Waals surface area contributed by atoms with Gasteiger partial charge in [0, 0.05) is 19.6 Å². The first kappa shape index (κ1) is 13.0. The van der Waals surface area contributed by atoms with Crippen LogP contribution < -0.4 is 5.43 Å². The maximum Gasteiger partial charge on any atom is 0.0991 e. The molecule has 0 spiro atoms. The molecule has 1 unspecified atom stereocenters. The SMILES string of the molecule is N#Cc1ccc(C(O)CNN2CCCCC2)cc1. The summed E-state index contributed by atoms with van der Waals surface area (Å²) in [6.07, 6.45) is 3.22. The first-order valence-electron chi connectivity index (χ1n) is 6.46. The first-order valence-corrected chi connectivity index (χ1v) is 6.46. The summed E-state index contributed by atoms with van der Waals surface area (Å²) in [5.74, 6) is 0. The molecule has 2 N–H and O–H groups in total. The molecule has 0 amide bonds. The predicted molar refractivity (Wildman–Crippen MR) is 69.5 cm³/mol. The second-order valence-corrected chi connectivity index (χ2v) is 4.66. The zero-order valence-corrected chi connectivity index (χ0v) is 10.5. The lowest BCUT2D eigenvalue weighted by molar-refractivity contribution is 0.0996. The molecule has 1 saturated heterocycles. The molecule has 1 atom stereocenters. The summed E-state index contributed by atoms with van der Waals surface area (Å²) in [7, 11) is 0. The molecule has 4 heteroatoms. The van der Waals surface area contributed by atoms with Gasteiger partial charge < -0.3 is 5.11 Å². The smallest absolute Gasteiger partial charge is 0.0991 e. The van der Waals surface area contributed by atoms with E-state index in [-0.39, 0.29) is 0 Å². The topological polar surface area (TPSA) is 59.3 Å². The molecule has 0 aromatic heterocycles. The number of nitrogens with zero attached hydrogens (tertiary/aromatic N) is 2. The van der Waals surface area contributed by atoms with Crippen molar-refractivity contribution in [2.24, 2.45) is 0 Å². The van der Waals surface area contributed by atoms with Gasteiger partial charge in [-0.05, 0) is 30.5 Å². The normalized spacial score (nSPS) is 18.2. The minimum Gasteiger partial charge on any atom is -0.387 e. The highest BCUT2D eigenvalue weighted by molar-refractivity contribution is 5.32. The standard InChI is InChI=1S/C14H19N3O/c15-10-12-4-6-13(7-5-12)14(18)11-16-17-8-2-1-3-9-17/h4-7,14,16,18H,1-3,8-9,11H2. The van der Waals surface area contributed by atoms with Gasteiger partial charge in [0.15, 0.2) is 0 Å². The van der Waals surface area contributed by atoms with Crippen molar-refractivity contribution in [3.63, 3.8) is 0 Å². The van der Waals surface area contributed by atoms with Crippen molar-refractivity contribution in [2.75, 3.05) is 19.6 Å². The molecule has 1 aromatic rings. The lowest BCUT2D eigenvalue weighted by Crippen LogP contribution is -2.43. The maximum absolute atomic E-state index is 10.0. The molecular weight excluding hydrogens is 226 g/mol. The largest absolute Gasteiger partial charge is 0.387 e. The van der Waals surface area contributed by atoms with Gasteiger partial charge in [-0.1, -0.05) is 18.6 Å². The summed E-state index contributed by atoms with van der Waals surface area (Å²) >= 11 is 0. The van der Waals surface area contributed by atoms with Gasteiger partial charge in [-0.25, -0.2) is 5.01 Å². The Hall–Kier alpha value is -1.41. The van der Waals surface area contributed by atoms with E-state index in [2.05, 4.69) is 16.5 Å². The van der Waals surface area contributed by atoms with Crippen LogP contribution in [0.25, 0.3) is 0 Å². The van der Waals surface area contributed by atoms with Crippen LogP contribution in [0.3, 0.4) is 0 Å². The van der Waals surface area contributed by atoms with Crippen LogP contribution in [0.1, 0.15) is 36.5 Å². The number of piperidine rings is 1. The number of aliphatic hydroxyl groups is 1. The number of hydrogen-bond acceptors (Lipinski definition) is 4. The molecule has 4 nitrogen and oxygen atoms in total. The highest BCUT2D eigenvalue weighted by Crippen LogP contribution is 2.13. The van der Waals surface area contributed by atoms with Gasteiger partial charge in [0.05, 0.1) is 17.7 Å². The molecule has 1 fully saturated rings. The van der Waals surface area contributed by atoms with Crippen LogP contribution >= 0.6 is 0 Å². The highest BCUT2D eigenvalue weighted by Gasteiger charge is 2.12. The van der Waals surface area contributed by atoms with Gasteiger partial charge in [-0.2, -0.15) is 5.26 Å². The maximum atomic E-state index is 10.0. The fourth-order valence-electron chi connectivity index (χ4n) is 2.17. The zero-order chi connectivity index (χ0) is 12.8. The molecule has 1 aliphatic heterocycles. The van der Waals surface area contributed by atoms with Gasteiger partial charge in [0.1, 0.15) is 0 Å². The van der Waals surface area contributed by atoms with Crippen molar-refractivity contribution in [1.29, 1.82) is 5.26 Å². The Morgan fingerprint density at radius 1 is 1.22 bits per heavy atom. The number of nitriles is 1. The van der Waals surface area contributed by atoms with Crippen LogP contribution in [0.15, 0.2) is 24.3 Å². The van der Waals surface area contributed by atoms with Gasteiger partial charge >= 0.3 is 0 Å². The minimum atomic E-state index is -0.528. The monoisotopic (exact) mass is 245 g/mol. The third-order valence-corrected chi connectivity index (χ3v) is 3.29. The molecule has 2 rings (SSSR count). The van der Waals surface area contributed by atoms with Crippen molar-refractivity contribution in [3.8, 4) is 6.07 Å². The number of nitrogens with one attached hydrogen (secondary N) is 1. The summed E-state index contributed by atoms with van der Waals surface area (Å²) in [5.41, 5.74) is 4.73. The van der Waals surface area contributed by atoms with Crippen LogP contribution in [0.4, 0.5) is 0 Å². The molecule has 1 heterocycles.